The molecule has 23 heavy (non-hydrogen) atoms. The molecule has 0 atom stereocenters. The highest BCUT2D eigenvalue weighted by molar-refractivity contribution is 7.90. The van der Waals surface area contributed by atoms with E-state index in [4.69, 9.17) is 0 Å². The van der Waals surface area contributed by atoms with E-state index in [9.17, 15) is 18.0 Å². The number of nitrogens with zero attached hydrogens (tertiary/aromatic N) is 1. The van der Waals surface area contributed by atoms with E-state index in [1.165, 1.54) is 12.1 Å². The summed E-state index contributed by atoms with van der Waals surface area (Å²) in [6.07, 6.45) is 0. The van der Waals surface area contributed by atoms with Gasteiger partial charge in [-0.1, -0.05) is 24.3 Å². The molecule has 0 saturated carbocycles. The molecule has 1 heterocycles. The number of hydrogen-bond acceptors (Lipinski definition) is 4. The lowest BCUT2D eigenvalue weighted by Crippen LogP contribution is -2.35. The third-order valence-corrected chi connectivity index (χ3v) is 5.82. The van der Waals surface area contributed by atoms with Gasteiger partial charge in [0.05, 0.1) is 5.56 Å². The second kappa shape index (κ2) is 5.31. The van der Waals surface area contributed by atoms with Crippen molar-refractivity contribution in [3.8, 4) is 0 Å². The fourth-order valence-electron chi connectivity index (χ4n) is 2.52. The van der Waals surface area contributed by atoms with E-state index in [1.54, 1.807) is 30.3 Å². The van der Waals surface area contributed by atoms with Gasteiger partial charge < -0.3 is 0 Å². The van der Waals surface area contributed by atoms with Gasteiger partial charge in [-0.2, -0.15) is 0 Å². The second-order valence-corrected chi connectivity index (χ2v) is 7.37. The molecule has 0 fully saturated rings. The normalized spacial score (nSPS) is 15.6. The Bertz CT molecular complexity index is 931. The summed E-state index contributed by atoms with van der Waals surface area (Å²) in [5.74, 6) is -1.06. The quantitative estimate of drug-likeness (QED) is 0.810. The van der Waals surface area contributed by atoms with Crippen molar-refractivity contribution in [3.63, 3.8) is 0 Å². The molecule has 1 aliphatic heterocycles. The monoisotopic (exact) mass is 329 g/mol. The fourth-order valence-corrected chi connectivity index (χ4v) is 4.05. The van der Waals surface area contributed by atoms with Gasteiger partial charge in [0, 0.05) is 5.56 Å². The summed E-state index contributed by atoms with van der Waals surface area (Å²) in [5, 5.41) is 0. The number of Topliss-reactive ketones (excluding diaryl/α,β-unsaturated/α-hetero) is 1. The Labute approximate surface area is 134 Å². The van der Waals surface area contributed by atoms with Crippen LogP contribution in [0.1, 0.15) is 31.8 Å². The summed E-state index contributed by atoms with van der Waals surface area (Å²) in [5.41, 5.74) is 2.49. The molecule has 0 radical (unpaired) electrons. The van der Waals surface area contributed by atoms with E-state index in [1.807, 2.05) is 13.8 Å². The molecule has 0 aliphatic carbocycles. The maximum absolute atomic E-state index is 12.4. The maximum atomic E-state index is 12.4. The summed E-state index contributed by atoms with van der Waals surface area (Å²) in [6, 6.07) is 11.1. The Hall–Kier alpha value is -2.47. The highest BCUT2D eigenvalue weighted by atomic mass is 32.2. The minimum atomic E-state index is -3.95. The minimum absolute atomic E-state index is 0.0436. The number of hydrogen-bond donors (Lipinski definition) is 0. The molecule has 6 heteroatoms. The molecule has 0 saturated heterocycles. The van der Waals surface area contributed by atoms with Gasteiger partial charge in [-0.05, 0) is 43.2 Å². The number of sulfonamides is 1. The molecular weight excluding hydrogens is 314 g/mol. The van der Waals surface area contributed by atoms with Gasteiger partial charge in [-0.25, -0.2) is 12.7 Å². The number of fused-ring (bicyclic) bond motifs is 1. The zero-order valence-electron chi connectivity index (χ0n) is 12.7. The van der Waals surface area contributed by atoms with Crippen molar-refractivity contribution in [2.45, 2.75) is 18.7 Å². The Morgan fingerprint density at radius 3 is 2.39 bits per heavy atom. The summed E-state index contributed by atoms with van der Waals surface area (Å²) in [6.45, 7) is 3.31. The molecule has 3 rings (SSSR count). The van der Waals surface area contributed by atoms with Crippen molar-refractivity contribution >= 4 is 21.7 Å². The fraction of sp³-hybridized carbons (Fsp3) is 0.176. The number of amides is 1. The number of benzene rings is 2. The van der Waals surface area contributed by atoms with Crippen molar-refractivity contribution in [1.82, 2.24) is 4.31 Å². The molecule has 118 valence electrons. The molecule has 0 N–H and O–H groups in total. The molecule has 0 aromatic heterocycles. The van der Waals surface area contributed by atoms with Gasteiger partial charge >= 0.3 is 0 Å². The van der Waals surface area contributed by atoms with Crippen LogP contribution in [-0.4, -0.2) is 31.0 Å². The van der Waals surface area contributed by atoms with E-state index >= 15 is 0 Å². The average Bonchev–Trinajstić information content (AvgIpc) is 2.71. The van der Waals surface area contributed by atoms with E-state index < -0.39 is 28.3 Å². The topological polar surface area (TPSA) is 71.5 Å². The predicted molar refractivity (Wildman–Crippen MR) is 84.9 cm³/mol. The highest BCUT2D eigenvalue weighted by Crippen LogP contribution is 2.30. The van der Waals surface area contributed by atoms with Gasteiger partial charge in [0.25, 0.3) is 15.9 Å². The van der Waals surface area contributed by atoms with Gasteiger partial charge in [-0.15, -0.1) is 0 Å². The Kier molecular flexibility index (Phi) is 3.56. The van der Waals surface area contributed by atoms with Crippen molar-refractivity contribution in [2.75, 3.05) is 6.54 Å². The SMILES string of the molecule is Cc1ccc(C(=O)CN2C(=O)c3ccccc3S2(=O)=O)cc1C. The van der Waals surface area contributed by atoms with Crippen LogP contribution in [0.15, 0.2) is 47.4 Å². The molecular formula is C17H15NO4S. The van der Waals surface area contributed by atoms with Crippen LogP contribution in [0.5, 0.6) is 0 Å². The van der Waals surface area contributed by atoms with Gasteiger partial charge in [0.15, 0.2) is 5.78 Å². The standard InChI is InChI=1S/C17H15NO4S/c1-11-7-8-13(9-12(11)2)15(19)10-18-17(20)14-5-3-4-6-16(14)23(18,21)22/h3-9H,10H2,1-2H3. The summed E-state index contributed by atoms with van der Waals surface area (Å²) < 4.78 is 25.5. The van der Waals surface area contributed by atoms with Crippen LogP contribution in [0.2, 0.25) is 0 Å². The number of rotatable bonds is 3. The summed E-state index contributed by atoms with van der Waals surface area (Å²) >= 11 is 0. The van der Waals surface area contributed by atoms with Crippen LogP contribution in [0.25, 0.3) is 0 Å². The van der Waals surface area contributed by atoms with E-state index in [2.05, 4.69) is 0 Å². The third-order valence-electron chi connectivity index (χ3n) is 4.03. The van der Waals surface area contributed by atoms with E-state index in [0.29, 0.717) is 9.87 Å². The van der Waals surface area contributed by atoms with Crippen LogP contribution < -0.4 is 0 Å². The molecule has 2 aromatic rings. The van der Waals surface area contributed by atoms with Crippen molar-refractivity contribution in [1.29, 1.82) is 0 Å². The Morgan fingerprint density at radius 2 is 1.74 bits per heavy atom. The Balaban J connectivity index is 1.93. The number of ketones is 1. The van der Waals surface area contributed by atoms with Crippen LogP contribution in [0.4, 0.5) is 0 Å². The summed E-state index contributed by atoms with van der Waals surface area (Å²) in [4.78, 5) is 24.6. The lowest BCUT2D eigenvalue weighted by Gasteiger charge is -2.14. The first-order chi connectivity index (χ1) is 10.8. The molecule has 2 aromatic carbocycles. The average molecular weight is 329 g/mol. The van der Waals surface area contributed by atoms with Crippen LogP contribution in [0.3, 0.4) is 0 Å². The zero-order chi connectivity index (χ0) is 16.8. The number of carbonyl (C=O) groups is 2. The van der Waals surface area contributed by atoms with Crippen LogP contribution in [0, 0.1) is 13.8 Å². The molecule has 0 unspecified atom stereocenters. The van der Waals surface area contributed by atoms with Gasteiger partial charge in [0.2, 0.25) is 0 Å². The molecule has 5 nitrogen and oxygen atoms in total. The van der Waals surface area contributed by atoms with E-state index in [0.717, 1.165) is 11.1 Å². The second-order valence-electron chi connectivity index (χ2n) is 5.54. The van der Waals surface area contributed by atoms with Gasteiger partial charge in [-0.3, -0.25) is 9.59 Å². The first kappa shape index (κ1) is 15.4. The largest absolute Gasteiger partial charge is 0.292 e. The maximum Gasteiger partial charge on any atom is 0.269 e. The zero-order valence-corrected chi connectivity index (χ0v) is 13.6. The number of aryl methyl sites for hydroxylation is 2. The highest BCUT2D eigenvalue weighted by Gasteiger charge is 2.41. The van der Waals surface area contributed by atoms with Crippen LogP contribution >= 0.6 is 0 Å². The number of carbonyl (C=O) groups excluding carboxylic acids is 2. The Morgan fingerprint density at radius 1 is 1.04 bits per heavy atom. The lowest BCUT2D eigenvalue weighted by atomic mass is 10.0. The van der Waals surface area contributed by atoms with Crippen molar-refractivity contribution in [3.05, 3.63) is 64.7 Å². The smallest absolute Gasteiger partial charge is 0.269 e. The molecule has 0 spiro atoms. The molecule has 0 bridgehead atoms. The molecule has 1 amide bonds. The lowest BCUT2D eigenvalue weighted by molar-refractivity contribution is 0.0820. The van der Waals surface area contributed by atoms with Crippen LogP contribution in [-0.2, 0) is 10.0 Å². The van der Waals surface area contributed by atoms with Gasteiger partial charge in [0.1, 0.15) is 11.4 Å². The van der Waals surface area contributed by atoms with Crippen molar-refractivity contribution < 1.29 is 18.0 Å². The first-order valence-corrected chi connectivity index (χ1v) is 8.53. The molecule has 1 aliphatic rings. The minimum Gasteiger partial charge on any atom is -0.292 e. The van der Waals surface area contributed by atoms with Crippen molar-refractivity contribution in [2.24, 2.45) is 0 Å². The summed E-state index contributed by atoms with van der Waals surface area (Å²) in [7, 11) is -3.95. The van der Waals surface area contributed by atoms with E-state index in [-0.39, 0.29) is 10.5 Å². The third kappa shape index (κ3) is 2.45. The first-order valence-electron chi connectivity index (χ1n) is 7.09. The predicted octanol–water partition coefficient (Wildman–Crippen LogP) is 2.33.